The summed E-state index contributed by atoms with van der Waals surface area (Å²) in [5.41, 5.74) is 0.607. The normalized spacial score (nSPS) is 24.0. The van der Waals surface area contributed by atoms with Crippen molar-refractivity contribution >= 4 is 28.4 Å². The highest BCUT2D eigenvalue weighted by Gasteiger charge is 2.45. The lowest BCUT2D eigenvalue weighted by Crippen LogP contribution is -2.50. The van der Waals surface area contributed by atoms with Crippen LogP contribution in [0.1, 0.15) is 50.2 Å². The fourth-order valence-corrected chi connectivity index (χ4v) is 4.62. The van der Waals surface area contributed by atoms with E-state index >= 15 is 0 Å². The van der Waals surface area contributed by atoms with E-state index in [1.54, 1.807) is 18.3 Å². The van der Waals surface area contributed by atoms with Crippen LogP contribution in [0.25, 0.3) is 10.9 Å². The van der Waals surface area contributed by atoms with Gasteiger partial charge in [0.1, 0.15) is 5.82 Å². The molecular weight excluding hydrogens is 403 g/mol. The van der Waals surface area contributed by atoms with E-state index in [0.29, 0.717) is 53.6 Å². The SMILES string of the molecule is CCC(=O)NC1(c2ccc(Cl)cc2)CCC(O)(c2ccnc3ccc(F)cc23)CC1. The van der Waals surface area contributed by atoms with Crippen LogP contribution in [0.3, 0.4) is 0 Å². The molecule has 2 N–H and O–H groups in total. The Kier molecular flexibility index (Phi) is 5.51. The highest BCUT2D eigenvalue weighted by Crippen LogP contribution is 2.47. The van der Waals surface area contributed by atoms with Crippen molar-refractivity contribution in [3.8, 4) is 0 Å². The molecule has 0 spiro atoms. The number of benzene rings is 2. The molecule has 0 aliphatic heterocycles. The molecule has 1 aromatic heterocycles. The maximum Gasteiger partial charge on any atom is 0.220 e. The summed E-state index contributed by atoms with van der Waals surface area (Å²) in [6.45, 7) is 1.82. The van der Waals surface area contributed by atoms with Gasteiger partial charge in [-0.3, -0.25) is 9.78 Å². The summed E-state index contributed by atoms with van der Waals surface area (Å²) in [4.78, 5) is 16.6. The Bertz CT molecular complexity index is 1080. The molecule has 6 heteroatoms. The molecule has 0 atom stereocenters. The molecule has 1 heterocycles. The minimum atomic E-state index is -1.12. The van der Waals surface area contributed by atoms with Gasteiger partial charge in [0.05, 0.1) is 16.7 Å². The Labute approximate surface area is 180 Å². The molecule has 4 rings (SSSR count). The number of aliphatic hydroxyl groups is 1. The molecule has 4 nitrogen and oxygen atoms in total. The summed E-state index contributed by atoms with van der Waals surface area (Å²) >= 11 is 6.06. The lowest BCUT2D eigenvalue weighted by atomic mass is 9.68. The molecule has 156 valence electrons. The molecule has 1 amide bonds. The number of carbonyl (C=O) groups is 1. The predicted octanol–water partition coefficient (Wildman–Crippen LogP) is 5.21. The minimum Gasteiger partial charge on any atom is -0.385 e. The number of nitrogens with zero attached hydrogens (tertiary/aromatic N) is 1. The van der Waals surface area contributed by atoms with E-state index in [1.807, 2.05) is 31.2 Å². The van der Waals surface area contributed by atoms with Gasteiger partial charge in [-0.25, -0.2) is 4.39 Å². The summed E-state index contributed by atoms with van der Waals surface area (Å²) in [5, 5.41) is 16.0. The molecular formula is C24H24ClFN2O2. The zero-order chi connectivity index (χ0) is 21.4. The zero-order valence-corrected chi connectivity index (χ0v) is 17.5. The maximum absolute atomic E-state index is 13.9. The van der Waals surface area contributed by atoms with Gasteiger partial charge in [0, 0.05) is 23.0 Å². The Hall–Kier alpha value is -2.50. The van der Waals surface area contributed by atoms with Gasteiger partial charge in [0.25, 0.3) is 0 Å². The summed E-state index contributed by atoms with van der Waals surface area (Å²) < 4.78 is 13.9. The Morgan fingerprint density at radius 3 is 2.50 bits per heavy atom. The summed E-state index contributed by atoms with van der Waals surface area (Å²) in [6.07, 6.45) is 3.98. The first-order chi connectivity index (χ1) is 14.3. The second kappa shape index (κ2) is 7.97. The second-order valence-electron chi connectivity index (χ2n) is 8.04. The number of hydrogen-bond donors (Lipinski definition) is 2. The number of hydrogen-bond acceptors (Lipinski definition) is 3. The van der Waals surface area contributed by atoms with Crippen molar-refractivity contribution in [2.24, 2.45) is 0 Å². The van der Waals surface area contributed by atoms with Crippen LogP contribution in [-0.4, -0.2) is 16.0 Å². The van der Waals surface area contributed by atoms with Crippen molar-refractivity contribution in [3.63, 3.8) is 0 Å². The van der Waals surface area contributed by atoms with Crippen LogP contribution in [0.4, 0.5) is 4.39 Å². The van der Waals surface area contributed by atoms with Crippen molar-refractivity contribution in [2.75, 3.05) is 0 Å². The van der Waals surface area contributed by atoms with E-state index in [2.05, 4.69) is 10.3 Å². The largest absolute Gasteiger partial charge is 0.385 e. The van der Waals surface area contributed by atoms with Crippen LogP contribution < -0.4 is 5.32 Å². The fourth-order valence-electron chi connectivity index (χ4n) is 4.49. The van der Waals surface area contributed by atoms with Crippen LogP contribution in [0.15, 0.2) is 54.7 Å². The number of fused-ring (bicyclic) bond motifs is 1. The van der Waals surface area contributed by atoms with E-state index in [9.17, 15) is 14.3 Å². The second-order valence-corrected chi connectivity index (χ2v) is 8.48. The van der Waals surface area contributed by atoms with Crippen LogP contribution >= 0.6 is 11.6 Å². The highest BCUT2D eigenvalue weighted by atomic mass is 35.5. The van der Waals surface area contributed by atoms with E-state index in [4.69, 9.17) is 11.6 Å². The van der Waals surface area contributed by atoms with Crippen LogP contribution in [0.2, 0.25) is 5.02 Å². The standard InChI is InChI=1S/C24H24ClFN2O2/c1-2-22(29)28-23(16-3-5-17(25)6-4-16)10-12-24(30,13-11-23)20-9-14-27-21-8-7-18(26)15-19(20)21/h3-9,14-15,30H,2,10-13H2,1H3,(H,28,29). The molecule has 0 saturated heterocycles. The van der Waals surface area contributed by atoms with Gasteiger partial charge in [-0.1, -0.05) is 30.7 Å². The number of halogens is 2. The molecule has 2 aromatic carbocycles. The van der Waals surface area contributed by atoms with E-state index in [0.717, 1.165) is 5.56 Å². The van der Waals surface area contributed by atoms with Gasteiger partial charge in [-0.2, -0.15) is 0 Å². The number of pyridine rings is 1. The molecule has 30 heavy (non-hydrogen) atoms. The number of carbonyl (C=O) groups excluding carboxylic acids is 1. The molecule has 1 aliphatic rings. The number of amides is 1. The first-order valence-corrected chi connectivity index (χ1v) is 10.6. The van der Waals surface area contributed by atoms with E-state index < -0.39 is 11.1 Å². The van der Waals surface area contributed by atoms with Crippen molar-refractivity contribution in [2.45, 2.75) is 50.2 Å². The van der Waals surface area contributed by atoms with Gasteiger partial charge in [0.2, 0.25) is 5.91 Å². The predicted molar refractivity (Wildman–Crippen MR) is 116 cm³/mol. The Morgan fingerprint density at radius 1 is 1.13 bits per heavy atom. The number of nitrogens with one attached hydrogen (secondary N) is 1. The average Bonchev–Trinajstić information content (AvgIpc) is 2.75. The molecule has 1 fully saturated rings. The monoisotopic (exact) mass is 426 g/mol. The van der Waals surface area contributed by atoms with Crippen molar-refractivity contribution in [3.05, 3.63) is 76.7 Å². The third kappa shape index (κ3) is 3.80. The van der Waals surface area contributed by atoms with Gasteiger partial charge < -0.3 is 10.4 Å². The highest BCUT2D eigenvalue weighted by molar-refractivity contribution is 6.30. The van der Waals surface area contributed by atoms with Gasteiger partial charge >= 0.3 is 0 Å². The third-order valence-corrected chi connectivity index (χ3v) is 6.48. The van der Waals surface area contributed by atoms with Gasteiger partial charge in [-0.15, -0.1) is 0 Å². The minimum absolute atomic E-state index is 0.0354. The van der Waals surface area contributed by atoms with Crippen molar-refractivity contribution in [1.82, 2.24) is 10.3 Å². The van der Waals surface area contributed by atoms with Crippen LogP contribution in [-0.2, 0) is 15.9 Å². The Balaban J connectivity index is 1.70. The smallest absolute Gasteiger partial charge is 0.220 e. The molecule has 0 bridgehead atoms. The topological polar surface area (TPSA) is 62.2 Å². The van der Waals surface area contributed by atoms with Crippen molar-refractivity contribution < 1.29 is 14.3 Å². The Morgan fingerprint density at radius 2 is 1.83 bits per heavy atom. The molecule has 0 unspecified atom stereocenters. The summed E-state index contributed by atoms with van der Waals surface area (Å²) in [5.74, 6) is -0.395. The van der Waals surface area contributed by atoms with Crippen molar-refractivity contribution in [1.29, 1.82) is 0 Å². The van der Waals surface area contributed by atoms with E-state index in [1.165, 1.54) is 12.1 Å². The van der Waals surface area contributed by atoms with Crippen LogP contribution in [0, 0.1) is 5.82 Å². The lowest BCUT2D eigenvalue weighted by molar-refractivity contribution is -0.124. The van der Waals surface area contributed by atoms with Gasteiger partial charge in [0.15, 0.2) is 0 Å². The third-order valence-electron chi connectivity index (χ3n) is 6.23. The average molecular weight is 427 g/mol. The number of rotatable bonds is 4. The zero-order valence-electron chi connectivity index (χ0n) is 16.8. The molecule has 0 radical (unpaired) electrons. The maximum atomic E-state index is 13.9. The first-order valence-electron chi connectivity index (χ1n) is 10.2. The number of aromatic nitrogens is 1. The molecule has 1 saturated carbocycles. The fraction of sp³-hybridized carbons (Fsp3) is 0.333. The quantitative estimate of drug-likeness (QED) is 0.602. The van der Waals surface area contributed by atoms with Gasteiger partial charge in [-0.05, 0) is 73.2 Å². The summed E-state index contributed by atoms with van der Waals surface area (Å²) in [7, 11) is 0. The van der Waals surface area contributed by atoms with E-state index in [-0.39, 0.29) is 11.7 Å². The first kappa shape index (κ1) is 20.8. The molecule has 1 aliphatic carbocycles. The summed E-state index contributed by atoms with van der Waals surface area (Å²) in [6, 6.07) is 13.7. The molecule has 3 aromatic rings. The lowest BCUT2D eigenvalue weighted by Gasteiger charge is -2.45. The van der Waals surface area contributed by atoms with Crippen LogP contribution in [0.5, 0.6) is 0 Å².